The van der Waals surface area contributed by atoms with Gasteiger partial charge >= 0.3 is 5.82 Å². The predicted octanol–water partition coefficient (Wildman–Crippen LogP) is 3.77. The number of rotatable bonds is 6. The third-order valence-corrected chi connectivity index (χ3v) is 7.39. The van der Waals surface area contributed by atoms with Crippen molar-refractivity contribution in [1.29, 1.82) is 0 Å². The fourth-order valence-corrected chi connectivity index (χ4v) is 6.65. The van der Waals surface area contributed by atoms with E-state index in [0.29, 0.717) is 5.69 Å². The minimum atomic E-state index is -0.554. The van der Waals surface area contributed by atoms with Crippen molar-refractivity contribution in [2.75, 3.05) is 0 Å². The van der Waals surface area contributed by atoms with Gasteiger partial charge in [-0.1, -0.05) is 6.92 Å². The number of nitrogens with zero attached hydrogens (tertiary/aromatic N) is 3. The lowest BCUT2D eigenvalue weighted by atomic mass is 9.47. The molecular formula is C20H30N4O3. The van der Waals surface area contributed by atoms with E-state index in [0.717, 1.165) is 24.2 Å². The molecule has 148 valence electrons. The Morgan fingerprint density at radius 2 is 1.89 bits per heavy atom. The lowest BCUT2D eigenvalue weighted by molar-refractivity contribution is -0.389. The summed E-state index contributed by atoms with van der Waals surface area (Å²) in [5.74, 6) is 2.24. The Morgan fingerprint density at radius 1 is 1.33 bits per heavy atom. The van der Waals surface area contributed by atoms with Gasteiger partial charge in [0.1, 0.15) is 6.04 Å². The van der Waals surface area contributed by atoms with Crippen LogP contribution in [0.15, 0.2) is 6.07 Å². The highest BCUT2D eigenvalue weighted by Gasteiger charge is 2.54. The average molecular weight is 374 g/mol. The first kappa shape index (κ1) is 18.4. The summed E-state index contributed by atoms with van der Waals surface area (Å²) in [5.41, 5.74) is 0.886. The van der Waals surface area contributed by atoms with Crippen LogP contribution < -0.4 is 5.32 Å². The standard InChI is InChI=1S/C20H30N4O3/c1-4-17(20-9-14-6-15(10-20)8-16(7-14)11-20)21-19(25)13(3)23-12(2)5-18(22-23)24(26)27/h5,13-17H,4,6-11H2,1-3H3,(H,21,25). The first-order chi connectivity index (χ1) is 12.8. The summed E-state index contributed by atoms with van der Waals surface area (Å²) in [5, 5.41) is 18.3. The van der Waals surface area contributed by atoms with Crippen molar-refractivity contribution in [3.63, 3.8) is 0 Å². The van der Waals surface area contributed by atoms with Crippen LogP contribution in [0.4, 0.5) is 5.82 Å². The van der Waals surface area contributed by atoms with E-state index in [2.05, 4.69) is 17.3 Å². The molecule has 7 nitrogen and oxygen atoms in total. The average Bonchev–Trinajstić information content (AvgIpc) is 2.99. The van der Waals surface area contributed by atoms with Crippen molar-refractivity contribution in [3.8, 4) is 0 Å². The largest absolute Gasteiger partial charge is 0.390 e. The number of aryl methyl sites for hydroxylation is 1. The zero-order valence-corrected chi connectivity index (χ0v) is 16.5. The van der Waals surface area contributed by atoms with Crippen molar-refractivity contribution in [2.45, 2.75) is 77.8 Å². The molecule has 4 bridgehead atoms. The van der Waals surface area contributed by atoms with Crippen LogP contribution in [0.25, 0.3) is 0 Å². The SMILES string of the molecule is CCC(NC(=O)C(C)n1nc([N+](=O)[O-])cc1C)C12CC3CC(CC(C3)C1)C2. The first-order valence-electron chi connectivity index (χ1n) is 10.3. The van der Waals surface area contributed by atoms with Gasteiger partial charge in [0.05, 0.1) is 16.9 Å². The molecule has 2 atom stereocenters. The van der Waals surface area contributed by atoms with Crippen molar-refractivity contribution in [2.24, 2.45) is 23.2 Å². The van der Waals surface area contributed by atoms with Crippen LogP contribution in [0.2, 0.25) is 0 Å². The molecule has 1 aromatic rings. The fourth-order valence-electron chi connectivity index (χ4n) is 6.65. The van der Waals surface area contributed by atoms with Gasteiger partial charge in [0.15, 0.2) is 0 Å². The molecule has 1 heterocycles. The Balaban J connectivity index is 1.50. The first-order valence-corrected chi connectivity index (χ1v) is 10.3. The summed E-state index contributed by atoms with van der Waals surface area (Å²) in [4.78, 5) is 23.5. The second-order valence-corrected chi connectivity index (χ2v) is 9.27. The summed E-state index contributed by atoms with van der Waals surface area (Å²) in [6.07, 6.45) is 8.83. The summed E-state index contributed by atoms with van der Waals surface area (Å²) in [6.45, 7) is 5.68. The van der Waals surface area contributed by atoms with Crippen molar-refractivity contribution < 1.29 is 9.72 Å². The molecule has 0 radical (unpaired) electrons. The smallest absolute Gasteiger partial charge is 0.358 e. The molecular weight excluding hydrogens is 344 g/mol. The van der Waals surface area contributed by atoms with Crippen LogP contribution in [-0.2, 0) is 4.79 Å². The Kier molecular flexibility index (Phi) is 4.51. The zero-order valence-electron chi connectivity index (χ0n) is 16.5. The van der Waals surface area contributed by atoms with Crippen molar-refractivity contribution >= 4 is 11.7 Å². The molecule has 0 aromatic carbocycles. The molecule has 5 rings (SSSR count). The lowest BCUT2D eigenvalue weighted by Gasteiger charge is -2.59. The van der Waals surface area contributed by atoms with E-state index in [1.807, 2.05) is 0 Å². The maximum Gasteiger partial charge on any atom is 0.390 e. The predicted molar refractivity (Wildman–Crippen MR) is 101 cm³/mol. The van der Waals surface area contributed by atoms with E-state index >= 15 is 0 Å². The molecule has 4 aliphatic carbocycles. The quantitative estimate of drug-likeness (QED) is 0.606. The van der Waals surface area contributed by atoms with E-state index < -0.39 is 11.0 Å². The van der Waals surface area contributed by atoms with Gasteiger partial charge in [-0.05, 0) is 86.9 Å². The van der Waals surface area contributed by atoms with Crippen LogP contribution in [0, 0.1) is 40.2 Å². The molecule has 2 unspecified atom stereocenters. The molecule has 0 aliphatic heterocycles. The number of hydrogen-bond acceptors (Lipinski definition) is 4. The van der Waals surface area contributed by atoms with E-state index in [-0.39, 0.29) is 23.2 Å². The number of nitrogens with one attached hydrogen (secondary N) is 1. The van der Waals surface area contributed by atoms with Gasteiger partial charge in [-0.3, -0.25) is 4.79 Å². The lowest BCUT2D eigenvalue weighted by Crippen LogP contribution is -2.57. The molecule has 1 N–H and O–H groups in total. The number of amides is 1. The molecule has 4 fully saturated rings. The van der Waals surface area contributed by atoms with Gasteiger partial charge in [-0.2, -0.15) is 4.68 Å². The summed E-state index contributed by atoms with van der Waals surface area (Å²) < 4.78 is 1.47. The summed E-state index contributed by atoms with van der Waals surface area (Å²) in [7, 11) is 0. The molecule has 4 saturated carbocycles. The van der Waals surface area contributed by atoms with Crippen LogP contribution in [0.3, 0.4) is 0 Å². The van der Waals surface area contributed by atoms with E-state index in [1.165, 1.54) is 49.3 Å². The van der Waals surface area contributed by atoms with Gasteiger partial charge in [-0.15, -0.1) is 0 Å². The normalized spacial score (nSPS) is 33.7. The van der Waals surface area contributed by atoms with Crippen LogP contribution in [0.1, 0.15) is 70.5 Å². The van der Waals surface area contributed by atoms with E-state index in [4.69, 9.17) is 0 Å². The zero-order chi connectivity index (χ0) is 19.3. The molecule has 0 spiro atoms. The molecule has 1 aromatic heterocycles. The number of aromatic nitrogens is 2. The molecule has 1 amide bonds. The van der Waals surface area contributed by atoms with Gasteiger partial charge in [-0.25, -0.2) is 0 Å². The molecule has 0 saturated heterocycles. The van der Waals surface area contributed by atoms with E-state index in [9.17, 15) is 14.9 Å². The van der Waals surface area contributed by atoms with Gasteiger partial charge in [0.2, 0.25) is 5.91 Å². The highest BCUT2D eigenvalue weighted by Crippen LogP contribution is 2.61. The molecule has 27 heavy (non-hydrogen) atoms. The number of carbonyl (C=O) groups excluding carboxylic acids is 1. The Bertz CT molecular complexity index is 721. The third-order valence-electron chi connectivity index (χ3n) is 7.39. The summed E-state index contributed by atoms with van der Waals surface area (Å²) >= 11 is 0. The fraction of sp³-hybridized carbons (Fsp3) is 0.800. The van der Waals surface area contributed by atoms with Gasteiger partial charge < -0.3 is 15.4 Å². The second-order valence-electron chi connectivity index (χ2n) is 9.27. The monoisotopic (exact) mass is 374 g/mol. The highest BCUT2D eigenvalue weighted by molar-refractivity contribution is 5.80. The van der Waals surface area contributed by atoms with Gasteiger partial charge in [0, 0.05) is 6.04 Å². The minimum absolute atomic E-state index is 0.0845. The second kappa shape index (κ2) is 6.60. The van der Waals surface area contributed by atoms with Crippen molar-refractivity contribution in [3.05, 3.63) is 21.9 Å². The Hall–Kier alpha value is -1.92. The summed E-state index contributed by atoms with van der Waals surface area (Å²) in [6, 6.07) is 1.05. The number of nitro groups is 1. The van der Waals surface area contributed by atoms with Crippen LogP contribution in [0.5, 0.6) is 0 Å². The van der Waals surface area contributed by atoms with Crippen LogP contribution >= 0.6 is 0 Å². The van der Waals surface area contributed by atoms with Crippen molar-refractivity contribution in [1.82, 2.24) is 15.1 Å². The van der Waals surface area contributed by atoms with Gasteiger partial charge in [0.25, 0.3) is 0 Å². The maximum atomic E-state index is 13.0. The van der Waals surface area contributed by atoms with Crippen LogP contribution in [-0.4, -0.2) is 26.7 Å². The van der Waals surface area contributed by atoms with E-state index in [1.54, 1.807) is 13.8 Å². The Morgan fingerprint density at radius 3 is 2.33 bits per heavy atom. The number of hydrogen-bond donors (Lipinski definition) is 1. The number of carbonyl (C=O) groups is 1. The molecule has 7 heteroatoms. The Labute approximate surface area is 160 Å². The third kappa shape index (κ3) is 3.15. The molecule has 4 aliphatic rings. The highest BCUT2D eigenvalue weighted by atomic mass is 16.6. The maximum absolute atomic E-state index is 13.0. The minimum Gasteiger partial charge on any atom is -0.358 e. The topological polar surface area (TPSA) is 90.1 Å².